The first-order valence-electron chi connectivity index (χ1n) is 8.83. The highest BCUT2D eigenvalue weighted by Crippen LogP contribution is 2.28. The molecule has 0 radical (unpaired) electrons. The van der Waals surface area contributed by atoms with Crippen molar-refractivity contribution in [1.82, 2.24) is 10.3 Å². The fraction of sp³-hybridized carbons (Fsp3) is 0.400. The molecule has 3 rings (SSSR count). The molecule has 1 fully saturated rings. The number of nitrogens with zero attached hydrogens (tertiary/aromatic N) is 1. The van der Waals surface area contributed by atoms with Gasteiger partial charge in [0.05, 0.1) is 30.2 Å². The van der Waals surface area contributed by atoms with E-state index >= 15 is 0 Å². The fourth-order valence-electron chi connectivity index (χ4n) is 3.22. The zero-order valence-corrected chi connectivity index (χ0v) is 14.8. The molecular weight excluding hydrogens is 314 g/mol. The highest BCUT2D eigenvalue weighted by Gasteiger charge is 2.17. The molecule has 1 aliphatic rings. The Kier molecular flexibility index (Phi) is 5.53. The molecule has 1 saturated carbocycles. The summed E-state index contributed by atoms with van der Waals surface area (Å²) >= 11 is 0. The van der Waals surface area contributed by atoms with Crippen molar-refractivity contribution >= 4 is 17.3 Å². The highest BCUT2D eigenvalue weighted by molar-refractivity contribution is 5.95. The number of carbonyl (C=O) groups excluding carboxylic acids is 1. The summed E-state index contributed by atoms with van der Waals surface area (Å²) in [5, 5.41) is 6.42. The molecule has 1 aromatic carbocycles. The summed E-state index contributed by atoms with van der Waals surface area (Å²) in [6.45, 7) is 2.02. The number of anilines is 2. The highest BCUT2D eigenvalue weighted by atomic mass is 16.5. The average Bonchev–Trinajstić information content (AvgIpc) is 2.63. The number of aryl methyl sites for hydroxylation is 1. The maximum atomic E-state index is 12.5. The first kappa shape index (κ1) is 17.3. The number of methoxy groups -OCH3 is 1. The van der Waals surface area contributed by atoms with E-state index in [1.807, 2.05) is 31.2 Å². The van der Waals surface area contributed by atoms with Crippen LogP contribution in [0.5, 0.6) is 5.75 Å². The minimum Gasteiger partial charge on any atom is -0.495 e. The van der Waals surface area contributed by atoms with E-state index in [0.29, 0.717) is 5.56 Å². The van der Waals surface area contributed by atoms with Gasteiger partial charge in [-0.3, -0.25) is 9.78 Å². The molecule has 1 amide bonds. The Labute approximate surface area is 148 Å². The first-order valence-corrected chi connectivity index (χ1v) is 8.83. The molecule has 0 bridgehead atoms. The standard InChI is InChI=1S/C20H25N3O2/c1-14-8-9-19(25-2)18(10-14)22-17-11-15(12-21-13-17)20(24)23-16-6-4-3-5-7-16/h8-13,16,22H,3-7H2,1-2H3,(H,23,24). The Balaban J connectivity index is 1.73. The summed E-state index contributed by atoms with van der Waals surface area (Å²) in [6.07, 6.45) is 9.10. The number of pyridine rings is 1. The van der Waals surface area contributed by atoms with Crippen LogP contribution in [0.2, 0.25) is 0 Å². The lowest BCUT2D eigenvalue weighted by Gasteiger charge is -2.22. The van der Waals surface area contributed by atoms with E-state index in [1.54, 1.807) is 19.5 Å². The molecule has 1 heterocycles. The van der Waals surface area contributed by atoms with Crippen molar-refractivity contribution < 1.29 is 9.53 Å². The molecule has 0 atom stereocenters. The molecule has 1 aromatic heterocycles. The minimum absolute atomic E-state index is 0.0562. The third kappa shape index (κ3) is 4.50. The van der Waals surface area contributed by atoms with Gasteiger partial charge in [-0.05, 0) is 43.5 Å². The molecule has 0 spiro atoms. The maximum absolute atomic E-state index is 12.5. The van der Waals surface area contributed by atoms with Gasteiger partial charge in [-0.15, -0.1) is 0 Å². The van der Waals surface area contributed by atoms with Gasteiger partial charge in [0.2, 0.25) is 0 Å². The number of carbonyl (C=O) groups is 1. The van der Waals surface area contributed by atoms with Crippen LogP contribution in [0.4, 0.5) is 11.4 Å². The lowest BCUT2D eigenvalue weighted by molar-refractivity contribution is 0.0927. The minimum atomic E-state index is -0.0562. The van der Waals surface area contributed by atoms with Crippen LogP contribution in [0, 0.1) is 6.92 Å². The average molecular weight is 339 g/mol. The monoisotopic (exact) mass is 339 g/mol. The SMILES string of the molecule is COc1ccc(C)cc1Nc1cncc(C(=O)NC2CCCCC2)c1. The van der Waals surface area contributed by atoms with Crippen molar-refractivity contribution in [2.75, 3.05) is 12.4 Å². The molecule has 1 aliphatic carbocycles. The van der Waals surface area contributed by atoms with Crippen LogP contribution in [0.1, 0.15) is 48.0 Å². The Morgan fingerprint density at radius 1 is 1.16 bits per heavy atom. The van der Waals surface area contributed by atoms with Gasteiger partial charge in [0.1, 0.15) is 5.75 Å². The van der Waals surface area contributed by atoms with Crippen LogP contribution in [-0.4, -0.2) is 24.0 Å². The van der Waals surface area contributed by atoms with Gasteiger partial charge >= 0.3 is 0 Å². The molecule has 2 aromatic rings. The predicted molar refractivity (Wildman–Crippen MR) is 99.6 cm³/mol. The lowest BCUT2D eigenvalue weighted by Crippen LogP contribution is -2.36. The quantitative estimate of drug-likeness (QED) is 0.857. The second-order valence-corrected chi connectivity index (χ2v) is 6.60. The van der Waals surface area contributed by atoms with Crippen LogP contribution < -0.4 is 15.4 Å². The molecule has 0 saturated heterocycles. The number of rotatable bonds is 5. The molecule has 0 aliphatic heterocycles. The third-order valence-electron chi connectivity index (χ3n) is 4.57. The van der Waals surface area contributed by atoms with Gasteiger partial charge in [0, 0.05) is 12.2 Å². The van der Waals surface area contributed by atoms with Gasteiger partial charge < -0.3 is 15.4 Å². The summed E-state index contributed by atoms with van der Waals surface area (Å²) in [6, 6.07) is 8.04. The van der Waals surface area contributed by atoms with E-state index in [-0.39, 0.29) is 11.9 Å². The van der Waals surface area contributed by atoms with E-state index in [2.05, 4.69) is 15.6 Å². The van der Waals surface area contributed by atoms with Gasteiger partial charge in [-0.1, -0.05) is 25.3 Å². The van der Waals surface area contributed by atoms with E-state index in [1.165, 1.54) is 19.3 Å². The van der Waals surface area contributed by atoms with Gasteiger partial charge in [-0.2, -0.15) is 0 Å². The Hall–Kier alpha value is -2.56. The zero-order chi connectivity index (χ0) is 17.6. The van der Waals surface area contributed by atoms with Gasteiger partial charge in [0.25, 0.3) is 5.91 Å². The summed E-state index contributed by atoms with van der Waals surface area (Å²) in [4.78, 5) is 16.7. The largest absolute Gasteiger partial charge is 0.495 e. The fourth-order valence-corrected chi connectivity index (χ4v) is 3.22. The number of hydrogen-bond acceptors (Lipinski definition) is 4. The summed E-state index contributed by atoms with van der Waals surface area (Å²) in [7, 11) is 1.64. The van der Waals surface area contributed by atoms with E-state index in [4.69, 9.17) is 4.74 Å². The smallest absolute Gasteiger partial charge is 0.253 e. The van der Waals surface area contributed by atoms with Gasteiger partial charge in [-0.25, -0.2) is 0 Å². The van der Waals surface area contributed by atoms with Crippen molar-refractivity contribution in [3.63, 3.8) is 0 Å². The predicted octanol–water partition coefficient (Wildman–Crippen LogP) is 4.20. The Morgan fingerprint density at radius 2 is 1.96 bits per heavy atom. The molecular formula is C20H25N3O2. The molecule has 132 valence electrons. The Morgan fingerprint density at radius 3 is 2.72 bits per heavy atom. The van der Waals surface area contributed by atoms with Crippen molar-refractivity contribution in [1.29, 1.82) is 0 Å². The van der Waals surface area contributed by atoms with Crippen molar-refractivity contribution in [2.24, 2.45) is 0 Å². The molecule has 25 heavy (non-hydrogen) atoms. The van der Waals surface area contributed by atoms with E-state index in [0.717, 1.165) is 35.5 Å². The van der Waals surface area contributed by atoms with Gasteiger partial charge in [0.15, 0.2) is 0 Å². The van der Waals surface area contributed by atoms with Crippen LogP contribution in [0.15, 0.2) is 36.7 Å². The van der Waals surface area contributed by atoms with Crippen LogP contribution in [0.3, 0.4) is 0 Å². The number of ether oxygens (including phenoxy) is 1. The number of benzene rings is 1. The number of aromatic nitrogens is 1. The number of nitrogens with one attached hydrogen (secondary N) is 2. The molecule has 5 nitrogen and oxygen atoms in total. The maximum Gasteiger partial charge on any atom is 0.253 e. The van der Waals surface area contributed by atoms with Crippen molar-refractivity contribution in [2.45, 2.75) is 45.1 Å². The van der Waals surface area contributed by atoms with Crippen molar-refractivity contribution in [3.05, 3.63) is 47.8 Å². The summed E-state index contributed by atoms with van der Waals surface area (Å²) in [5.41, 5.74) is 3.32. The summed E-state index contributed by atoms with van der Waals surface area (Å²) in [5.74, 6) is 0.696. The number of amides is 1. The lowest BCUT2D eigenvalue weighted by atomic mass is 9.95. The zero-order valence-electron chi connectivity index (χ0n) is 14.8. The normalized spacial score (nSPS) is 14.8. The van der Waals surface area contributed by atoms with E-state index in [9.17, 15) is 4.79 Å². The molecule has 5 heteroatoms. The second-order valence-electron chi connectivity index (χ2n) is 6.60. The summed E-state index contributed by atoms with van der Waals surface area (Å²) < 4.78 is 5.39. The first-order chi connectivity index (χ1) is 12.2. The topological polar surface area (TPSA) is 63.2 Å². The molecule has 0 unspecified atom stereocenters. The second kappa shape index (κ2) is 8.01. The van der Waals surface area contributed by atoms with E-state index < -0.39 is 0 Å². The number of hydrogen-bond donors (Lipinski definition) is 2. The Bertz CT molecular complexity index is 739. The molecule has 2 N–H and O–H groups in total. The van der Waals surface area contributed by atoms with Crippen LogP contribution >= 0.6 is 0 Å². The third-order valence-corrected chi connectivity index (χ3v) is 4.57. The van der Waals surface area contributed by atoms with Crippen molar-refractivity contribution in [3.8, 4) is 5.75 Å². The van der Waals surface area contributed by atoms with Crippen LogP contribution in [-0.2, 0) is 0 Å². The van der Waals surface area contributed by atoms with Crippen LogP contribution in [0.25, 0.3) is 0 Å².